The third kappa shape index (κ3) is 4.21. The van der Waals surface area contributed by atoms with Gasteiger partial charge in [0.15, 0.2) is 0 Å². The van der Waals surface area contributed by atoms with E-state index >= 15 is 0 Å². The predicted octanol–water partition coefficient (Wildman–Crippen LogP) is 3.57. The van der Waals surface area contributed by atoms with Gasteiger partial charge in [-0.3, -0.25) is 0 Å². The zero-order chi connectivity index (χ0) is 16.0. The first kappa shape index (κ1) is 17.0. The summed E-state index contributed by atoms with van der Waals surface area (Å²) in [4.78, 5) is 23.4. The van der Waals surface area contributed by atoms with E-state index in [1.54, 1.807) is 19.9 Å². The molecular weight excluding hydrogens is 268 g/mol. The molecule has 0 heterocycles. The standard InChI is InChI=1S/C16H24N2O3/c1-5-16(6-2,14(19)20)18-15(21)17-13-9-7-8-12(10-13)11(3)4/h7-11H,5-6H2,1-4H3,(H,19,20)(H2,17,18,21). The van der Waals surface area contributed by atoms with E-state index in [0.29, 0.717) is 24.4 Å². The molecule has 0 unspecified atom stereocenters. The van der Waals surface area contributed by atoms with Crippen molar-refractivity contribution in [3.8, 4) is 0 Å². The smallest absolute Gasteiger partial charge is 0.329 e. The fourth-order valence-electron chi connectivity index (χ4n) is 2.14. The maximum atomic E-state index is 12.0. The molecule has 21 heavy (non-hydrogen) atoms. The first-order valence-electron chi connectivity index (χ1n) is 7.27. The third-order valence-corrected chi connectivity index (χ3v) is 3.78. The Hall–Kier alpha value is -2.04. The highest BCUT2D eigenvalue weighted by atomic mass is 16.4. The molecule has 0 fully saturated rings. The largest absolute Gasteiger partial charge is 0.480 e. The molecule has 5 heteroatoms. The number of urea groups is 1. The summed E-state index contributed by atoms with van der Waals surface area (Å²) in [6.07, 6.45) is 0.663. The van der Waals surface area contributed by atoms with Crippen LogP contribution in [0.15, 0.2) is 24.3 Å². The molecule has 0 aliphatic carbocycles. The number of benzene rings is 1. The molecule has 0 aliphatic heterocycles. The van der Waals surface area contributed by atoms with Crippen molar-refractivity contribution in [2.45, 2.75) is 52.0 Å². The zero-order valence-electron chi connectivity index (χ0n) is 13.1. The molecular formula is C16H24N2O3. The number of carboxylic acid groups (broad SMARTS) is 1. The van der Waals surface area contributed by atoms with Gasteiger partial charge in [-0.15, -0.1) is 0 Å². The summed E-state index contributed by atoms with van der Waals surface area (Å²) in [5.41, 5.74) is 0.549. The van der Waals surface area contributed by atoms with Gasteiger partial charge in [0.05, 0.1) is 0 Å². The van der Waals surface area contributed by atoms with Crippen LogP contribution >= 0.6 is 0 Å². The molecule has 0 radical (unpaired) electrons. The lowest BCUT2D eigenvalue weighted by Gasteiger charge is -2.28. The fraction of sp³-hybridized carbons (Fsp3) is 0.500. The van der Waals surface area contributed by atoms with Crippen molar-refractivity contribution in [1.29, 1.82) is 0 Å². The molecule has 3 N–H and O–H groups in total. The van der Waals surface area contributed by atoms with Crippen molar-refractivity contribution in [3.63, 3.8) is 0 Å². The van der Waals surface area contributed by atoms with Crippen molar-refractivity contribution in [3.05, 3.63) is 29.8 Å². The van der Waals surface area contributed by atoms with Crippen LogP contribution < -0.4 is 10.6 Å². The molecule has 0 aliphatic rings. The molecule has 0 atom stereocenters. The molecule has 2 amide bonds. The van der Waals surface area contributed by atoms with Crippen molar-refractivity contribution < 1.29 is 14.7 Å². The van der Waals surface area contributed by atoms with Gasteiger partial charge in [-0.2, -0.15) is 0 Å². The fourth-order valence-corrected chi connectivity index (χ4v) is 2.14. The van der Waals surface area contributed by atoms with Crippen molar-refractivity contribution in [2.24, 2.45) is 0 Å². The van der Waals surface area contributed by atoms with Crippen molar-refractivity contribution in [1.82, 2.24) is 5.32 Å². The topological polar surface area (TPSA) is 78.4 Å². The Kier molecular flexibility index (Phi) is 5.76. The van der Waals surface area contributed by atoms with E-state index in [2.05, 4.69) is 24.5 Å². The summed E-state index contributed by atoms with van der Waals surface area (Å²) in [6, 6.07) is 7.04. The van der Waals surface area contributed by atoms with Crippen LogP contribution in [0, 0.1) is 0 Å². The number of nitrogens with one attached hydrogen (secondary N) is 2. The van der Waals surface area contributed by atoms with Gasteiger partial charge >= 0.3 is 12.0 Å². The van der Waals surface area contributed by atoms with Crippen LogP contribution in [-0.2, 0) is 4.79 Å². The van der Waals surface area contributed by atoms with E-state index in [-0.39, 0.29) is 0 Å². The molecule has 0 bridgehead atoms. The molecule has 0 spiro atoms. The van der Waals surface area contributed by atoms with Crippen LogP contribution in [0.1, 0.15) is 52.0 Å². The average molecular weight is 292 g/mol. The Morgan fingerprint density at radius 1 is 1.24 bits per heavy atom. The predicted molar refractivity (Wildman–Crippen MR) is 83.6 cm³/mol. The summed E-state index contributed by atoms with van der Waals surface area (Å²) in [6.45, 7) is 7.64. The summed E-state index contributed by atoms with van der Waals surface area (Å²) < 4.78 is 0. The van der Waals surface area contributed by atoms with Crippen molar-refractivity contribution >= 4 is 17.7 Å². The number of aliphatic carboxylic acids is 1. The highest BCUT2D eigenvalue weighted by molar-refractivity contribution is 5.93. The number of hydrogen-bond acceptors (Lipinski definition) is 2. The molecule has 116 valence electrons. The minimum absolute atomic E-state index is 0.332. The van der Waals surface area contributed by atoms with E-state index in [4.69, 9.17) is 0 Å². The number of carbonyl (C=O) groups is 2. The van der Waals surface area contributed by atoms with Gasteiger partial charge < -0.3 is 15.7 Å². The van der Waals surface area contributed by atoms with Crippen LogP contribution in [0.25, 0.3) is 0 Å². The maximum Gasteiger partial charge on any atom is 0.329 e. The Balaban J connectivity index is 2.82. The van der Waals surface area contributed by atoms with Gasteiger partial charge in [0.1, 0.15) is 5.54 Å². The second-order valence-electron chi connectivity index (χ2n) is 5.45. The first-order valence-corrected chi connectivity index (χ1v) is 7.27. The lowest BCUT2D eigenvalue weighted by Crippen LogP contribution is -2.54. The van der Waals surface area contributed by atoms with E-state index in [9.17, 15) is 14.7 Å². The molecule has 1 aromatic rings. The summed E-state index contributed by atoms with van der Waals surface area (Å²) in [5.74, 6) is -0.655. The van der Waals surface area contributed by atoms with Gasteiger partial charge in [0.25, 0.3) is 0 Å². The number of anilines is 1. The van der Waals surface area contributed by atoms with Crippen LogP contribution in [-0.4, -0.2) is 22.6 Å². The second kappa shape index (κ2) is 7.11. The van der Waals surface area contributed by atoms with Crippen LogP contribution in [0.3, 0.4) is 0 Å². The molecule has 5 nitrogen and oxygen atoms in total. The molecule has 0 saturated heterocycles. The highest BCUT2D eigenvalue weighted by Crippen LogP contribution is 2.19. The number of amides is 2. The van der Waals surface area contributed by atoms with Gasteiger partial charge in [-0.25, -0.2) is 9.59 Å². The Morgan fingerprint density at radius 2 is 1.86 bits per heavy atom. The number of carbonyl (C=O) groups excluding carboxylic acids is 1. The highest BCUT2D eigenvalue weighted by Gasteiger charge is 2.36. The number of rotatable bonds is 6. The van der Waals surface area contributed by atoms with E-state index in [0.717, 1.165) is 5.56 Å². The van der Waals surface area contributed by atoms with Crippen LogP contribution in [0.4, 0.5) is 10.5 Å². The van der Waals surface area contributed by atoms with Gasteiger partial charge in [-0.05, 0) is 36.5 Å². The molecule has 1 rings (SSSR count). The van der Waals surface area contributed by atoms with E-state index < -0.39 is 17.5 Å². The minimum Gasteiger partial charge on any atom is -0.480 e. The average Bonchev–Trinajstić information content (AvgIpc) is 2.44. The minimum atomic E-state index is -1.22. The number of carboxylic acids is 1. The normalized spacial score (nSPS) is 11.3. The molecule has 1 aromatic carbocycles. The Bertz CT molecular complexity index is 508. The Labute approximate surface area is 125 Å². The second-order valence-corrected chi connectivity index (χ2v) is 5.45. The van der Waals surface area contributed by atoms with Gasteiger partial charge in [0.2, 0.25) is 0 Å². The van der Waals surface area contributed by atoms with Crippen LogP contribution in [0.5, 0.6) is 0 Å². The van der Waals surface area contributed by atoms with E-state index in [1.165, 1.54) is 0 Å². The van der Waals surface area contributed by atoms with Gasteiger partial charge in [0, 0.05) is 5.69 Å². The Morgan fingerprint density at radius 3 is 2.33 bits per heavy atom. The first-order chi connectivity index (χ1) is 9.84. The quantitative estimate of drug-likeness (QED) is 0.750. The van der Waals surface area contributed by atoms with Crippen molar-refractivity contribution in [2.75, 3.05) is 5.32 Å². The number of hydrogen-bond donors (Lipinski definition) is 3. The lowest BCUT2D eigenvalue weighted by atomic mass is 9.93. The summed E-state index contributed by atoms with van der Waals surface area (Å²) >= 11 is 0. The summed E-state index contributed by atoms with van der Waals surface area (Å²) in [5, 5.41) is 14.6. The van der Waals surface area contributed by atoms with Gasteiger partial charge in [-0.1, -0.05) is 39.8 Å². The lowest BCUT2D eigenvalue weighted by molar-refractivity contribution is -0.144. The molecule has 0 aromatic heterocycles. The SMILES string of the molecule is CCC(CC)(NC(=O)Nc1cccc(C(C)C)c1)C(=O)O. The summed E-state index contributed by atoms with van der Waals surface area (Å²) in [7, 11) is 0. The van der Waals surface area contributed by atoms with Crippen LogP contribution in [0.2, 0.25) is 0 Å². The molecule has 0 saturated carbocycles. The monoisotopic (exact) mass is 292 g/mol. The zero-order valence-corrected chi connectivity index (χ0v) is 13.1. The third-order valence-electron chi connectivity index (χ3n) is 3.78. The maximum absolute atomic E-state index is 12.0. The van der Waals surface area contributed by atoms with E-state index in [1.807, 2.05) is 18.2 Å².